The number of aromatic amines is 1. The first-order chi connectivity index (χ1) is 7.48. The first-order valence-electron chi connectivity index (χ1n) is 4.99. The van der Waals surface area contributed by atoms with Crippen LogP contribution in [0.25, 0.3) is 0 Å². The Bertz CT molecular complexity index is 475. The lowest BCUT2D eigenvalue weighted by molar-refractivity contribution is 0.602. The third-order valence-corrected chi connectivity index (χ3v) is 3.67. The van der Waals surface area contributed by atoms with Gasteiger partial charge >= 0.3 is 0 Å². The van der Waals surface area contributed by atoms with E-state index in [1.54, 1.807) is 0 Å². The lowest BCUT2D eigenvalue weighted by Crippen LogP contribution is -2.23. The highest BCUT2D eigenvalue weighted by atomic mass is 32.2. The van der Waals surface area contributed by atoms with Gasteiger partial charge in [-0.1, -0.05) is 0 Å². The quantitative estimate of drug-likeness (QED) is 0.553. The summed E-state index contributed by atoms with van der Waals surface area (Å²) in [6.07, 6.45) is 2.06. The largest absolute Gasteiger partial charge is 0.383 e. The van der Waals surface area contributed by atoms with E-state index < -0.39 is 9.84 Å². The van der Waals surface area contributed by atoms with Crippen LogP contribution < -0.4 is 16.4 Å². The minimum absolute atomic E-state index is 0.0550. The van der Waals surface area contributed by atoms with Crippen LogP contribution in [0.15, 0.2) is 4.90 Å². The molecule has 7 nitrogen and oxygen atoms in total. The van der Waals surface area contributed by atoms with Gasteiger partial charge in [0.1, 0.15) is 5.82 Å². The molecule has 1 fully saturated rings. The average Bonchev–Trinajstić information content (AvgIpc) is 2.75. The maximum atomic E-state index is 11.5. The smallest absolute Gasteiger partial charge is 0.182 e. The number of rotatable bonds is 3. The second-order valence-corrected chi connectivity index (χ2v) is 5.87. The second-order valence-electron chi connectivity index (χ2n) is 3.92. The minimum atomic E-state index is -3.36. The summed E-state index contributed by atoms with van der Waals surface area (Å²) < 4.78 is 23.0. The minimum Gasteiger partial charge on any atom is -0.383 e. The van der Waals surface area contributed by atoms with Gasteiger partial charge in [-0.2, -0.15) is 5.10 Å². The molecule has 1 aromatic rings. The predicted octanol–water partition coefficient (Wildman–Crippen LogP) is -0.831. The van der Waals surface area contributed by atoms with Crippen LogP contribution in [0.2, 0.25) is 0 Å². The summed E-state index contributed by atoms with van der Waals surface area (Å²) >= 11 is 0. The van der Waals surface area contributed by atoms with Crippen LogP contribution in [0.5, 0.6) is 0 Å². The molecule has 2 rings (SSSR count). The average molecular weight is 245 g/mol. The summed E-state index contributed by atoms with van der Waals surface area (Å²) in [6, 6.07) is 0.197. The van der Waals surface area contributed by atoms with Gasteiger partial charge < -0.3 is 16.4 Å². The molecule has 1 aliphatic heterocycles. The van der Waals surface area contributed by atoms with Crippen LogP contribution in [-0.4, -0.2) is 44.0 Å². The molecule has 1 aromatic heterocycles. The Balaban J connectivity index is 2.27. The van der Waals surface area contributed by atoms with E-state index in [9.17, 15) is 8.42 Å². The fourth-order valence-electron chi connectivity index (χ4n) is 1.79. The summed E-state index contributed by atoms with van der Waals surface area (Å²) in [7, 11) is -3.36. The van der Waals surface area contributed by atoms with E-state index in [0.717, 1.165) is 25.8 Å². The van der Waals surface area contributed by atoms with Gasteiger partial charge in [0.2, 0.25) is 0 Å². The molecule has 0 amide bonds. The Morgan fingerprint density at radius 1 is 1.56 bits per heavy atom. The topological polar surface area (TPSA) is 113 Å². The van der Waals surface area contributed by atoms with Crippen molar-refractivity contribution in [3.8, 4) is 0 Å². The number of aromatic nitrogens is 2. The number of H-pyrrole nitrogens is 1. The lowest BCUT2D eigenvalue weighted by atomic mass is 10.2. The standard InChI is InChI=1S/C8H15N5O2S/c1-16(14,15)6-7(9)12-13-8(6)11-5-2-3-10-4-5/h5,10H,2-4H2,1H3,(H4,9,11,12,13). The number of nitrogens with zero attached hydrogens (tertiary/aromatic N) is 1. The van der Waals surface area contributed by atoms with Crippen molar-refractivity contribution in [3.05, 3.63) is 0 Å². The molecule has 2 heterocycles. The van der Waals surface area contributed by atoms with Crippen molar-refractivity contribution in [2.45, 2.75) is 17.4 Å². The van der Waals surface area contributed by atoms with Crippen LogP contribution in [0.1, 0.15) is 6.42 Å². The Hall–Kier alpha value is -1.28. The van der Waals surface area contributed by atoms with Crippen molar-refractivity contribution in [1.29, 1.82) is 0 Å². The number of sulfone groups is 1. The first-order valence-corrected chi connectivity index (χ1v) is 6.89. The summed E-state index contributed by atoms with van der Waals surface area (Å²) in [5.74, 6) is 0.393. The molecule has 1 saturated heterocycles. The van der Waals surface area contributed by atoms with Gasteiger partial charge in [-0.3, -0.25) is 5.10 Å². The number of anilines is 2. The second kappa shape index (κ2) is 3.95. The van der Waals surface area contributed by atoms with E-state index in [-0.39, 0.29) is 16.8 Å². The zero-order valence-corrected chi connectivity index (χ0v) is 9.76. The van der Waals surface area contributed by atoms with Crippen LogP contribution in [0.3, 0.4) is 0 Å². The van der Waals surface area contributed by atoms with Gasteiger partial charge in [0, 0.05) is 18.8 Å². The van der Waals surface area contributed by atoms with E-state index >= 15 is 0 Å². The van der Waals surface area contributed by atoms with Crippen molar-refractivity contribution >= 4 is 21.5 Å². The molecule has 90 valence electrons. The number of hydrogen-bond acceptors (Lipinski definition) is 6. The Kier molecular flexibility index (Phi) is 2.76. The SMILES string of the molecule is CS(=O)(=O)c1c(NC2CCNC2)n[nH]c1N. The van der Waals surface area contributed by atoms with Gasteiger partial charge in [-0.05, 0) is 13.0 Å². The molecule has 1 aliphatic rings. The molecule has 0 spiro atoms. The zero-order valence-electron chi connectivity index (χ0n) is 8.95. The maximum Gasteiger partial charge on any atom is 0.182 e. The molecule has 0 saturated carbocycles. The van der Waals surface area contributed by atoms with Gasteiger partial charge in [-0.25, -0.2) is 8.42 Å². The predicted molar refractivity (Wildman–Crippen MR) is 61.0 cm³/mol. The number of nitrogens with two attached hydrogens (primary N) is 1. The molecule has 8 heteroatoms. The normalized spacial score (nSPS) is 21.2. The van der Waals surface area contributed by atoms with Gasteiger partial charge in [0.05, 0.1) is 0 Å². The third-order valence-electron chi connectivity index (χ3n) is 2.52. The summed E-state index contributed by atoms with van der Waals surface area (Å²) in [4.78, 5) is 0.0550. The van der Waals surface area contributed by atoms with E-state index in [2.05, 4.69) is 20.8 Å². The molecule has 0 aliphatic carbocycles. The number of nitrogen functional groups attached to an aromatic ring is 1. The molecular formula is C8H15N5O2S. The monoisotopic (exact) mass is 245 g/mol. The van der Waals surface area contributed by atoms with Crippen molar-refractivity contribution in [2.75, 3.05) is 30.4 Å². The Morgan fingerprint density at radius 3 is 2.88 bits per heavy atom. The van der Waals surface area contributed by atoms with Gasteiger partial charge in [0.15, 0.2) is 20.6 Å². The van der Waals surface area contributed by atoms with Crippen LogP contribution in [0.4, 0.5) is 11.6 Å². The number of nitrogens with one attached hydrogen (secondary N) is 3. The third kappa shape index (κ3) is 2.12. The lowest BCUT2D eigenvalue weighted by Gasteiger charge is -2.11. The zero-order chi connectivity index (χ0) is 11.8. The summed E-state index contributed by atoms with van der Waals surface area (Å²) in [6.45, 7) is 1.72. The highest BCUT2D eigenvalue weighted by Crippen LogP contribution is 2.25. The molecule has 16 heavy (non-hydrogen) atoms. The molecule has 1 atom stereocenters. The molecule has 5 N–H and O–H groups in total. The molecule has 0 radical (unpaired) electrons. The van der Waals surface area contributed by atoms with Crippen LogP contribution >= 0.6 is 0 Å². The van der Waals surface area contributed by atoms with Crippen LogP contribution in [0, 0.1) is 0 Å². The first kappa shape index (κ1) is 11.2. The van der Waals surface area contributed by atoms with E-state index in [4.69, 9.17) is 5.73 Å². The fraction of sp³-hybridized carbons (Fsp3) is 0.625. The molecule has 0 aromatic carbocycles. The molecular weight excluding hydrogens is 230 g/mol. The van der Waals surface area contributed by atoms with Crippen molar-refractivity contribution in [3.63, 3.8) is 0 Å². The highest BCUT2D eigenvalue weighted by Gasteiger charge is 2.24. The maximum absolute atomic E-state index is 11.5. The van der Waals surface area contributed by atoms with Crippen molar-refractivity contribution in [1.82, 2.24) is 15.5 Å². The molecule has 1 unspecified atom stereocenters. The Morgan fingerprint density at radius 2 is 2.31 bits per heavy atom. The van der Waals surface area contributed by atoms with Gasteiger partial charge in [-0.15, -0.1) is 0 Å². The van der Waals surface area contributed by atoms with E-state index in [1.807, 2.05) is 0 Å². The summed E-state index contributed by atoms with van der Waals surface area (Å²) in [5, 5.41) is 12.6. The van der Waals surface area contributed by atoms with Crippen LogP contribution in [-0.2, 0) is 9.84 Å². The highest BCUT2D eigenvalue weighted by molar-refractivity contribution is 7.91. The van der Waals surface area contributed by atoms with Gasteiger partial charge in [0.25, 0.3) is 0 Å². The molecule has 0 bridgehead atoms. The number of hydrogen-bond donors (Lipinski definition) is 4. The fourth-order valence-corrected chi connectivity index (χ4v) is 2.69. The Labute approximate surface area is 93.7 Å². The summed E-state index contributed by atoms with van der Waals surface area (Å²) in [5.41, 5.74) is 5.55. The van der Waals surface area contributed by atoms with Crippen molar-refractivity contribution < 1.29 is 8.42 Å². The van der Waals surface area contributed by atoms with E-state index in [1.165, 1.54) is 0 Å². The van der Waals surface area contributed by atoms with Crippen molar-refractivity contribution in [2.24, 2.45) is 0 Å². The van der Waals surface area contributed by atoms with E-state index in [0.29, 0.717) is 5.82 Å².